The lowest BCUT2D eigenvalue weighted by Crippen LogP contribution is -2.12. The summed E-state index contributed by atoms with van der Waals surface area (Å²) in [7, 11) is 0. The predicted molar refractivity (Wildman–Crippen MR) is 120 cm³/mol. The number of carbonyl (C=O) groups is 1. The average molecular weight is 474 g/mol. The number of halogens is 3. The van der Waals surface area contributed by atoms with Gasteiger partial charge >= 0.3 is 5.97 Å². The lowest BCUT2D eigenvalue weighted by atomic mass is 9.94. The third-order valence-electron chi connectivity index (χ3n) is 4.53. The molecule has 31 heavy (non-hydrogen) atoms. The zero-order valence-electron chi connectivity index (χ0n) is 16.2. The highest BCUT2D eigenvalue weighted by molar-refractivity contribution is 6.36. The summed E-state index contributed by atoms with van der Waals surface area (Å²) in [5.41, 5.74) is 2.85. The Morgan fingerprint density at radius 3 is 2.52 bits per heavy atom. The molecule has 1 atom stereocenters. The molecule has 0 aliphatic rings. The largest absolute Gasteiger partial charge is 0.452 e. The summed E-state index contributed by atoms with van der Waals surface area (Å²) in [4.78, 5) is 16.2. The molecule has 4 rings (SSSR count). The van der Waals surface area contributed by atoms with Gasteiger partial charge in [0.1, 0.15) is 5.69 Å². The Bertz CT molecular complexity index is 1240. The number of hydrogen-bond donors (Lipinski definition) is 0. The number of rotatable bonds is 5. The number of carbonyl (C=O) groups excluding carboxylic acids is 1. The van der Waals surface area contributed by atoms with Crippen molar-refractivity contribution < 1.29 is 14.1 Å². The Morgan fingerprint density at radius 2 is 1.84 bits per heavy atom. The molecule has 0 aliphatic heterocycles. The monoisotopic (exact) mass is 472 g/mol. The first kappa shape index (κ1) is 21.4. The number of ether oxygens (including phenoxy) is 1. The van der Waals surface area contributed by atoms with Crippen molar-refractivity contribution in [1.29, 1.82) is 0 Å². The van der Waals surface area contributed by atoms with Crippen molar-refractivity contribution in [2.45, 2.75) is 13.0 Å². The molecule has 156 valence electrons. The molecule has 0 radical (unpaired) electrons. The maximum Gasteiger partial charge on any atom is 0.303 e. The molecule has 0 bridgehead atoms. The molecule has 0 amide bonds. The van der Waals surface area contributed by atoms with Gasteiger partial charge in [0.25, 0.3) is 0 Å². The Hall–Kier alpha value is -2.86. The fourth-order valence-corrected chi connectivity index (χ4v) is 3.93. The van der Waals surface area contributed by atoms with Crippen LogP contribution in [0.2, 0.25) is 15.1 Å². The molecule has 0 saturated carbocycles. The van der Waals surface area contributed by atoms with Crippen LogP contribution in [0.4, 0.5) is 0 Å². The topological polar surface area (TPSA) is 65.2 Å². The smallest absolute Gasteiger partial charge is 0.303 e. The van der Waals surface area contributed by atoms with E-state index in [4.69, 9.17) is 44.1 Å². The van der Waals surface area contributed by atoms with Crippen LogP contribution >= 0.6 is 34.8 Å². The van der Waals surface area contributed by atoms with Gasteiger partial charge in [-0.3, -0.25) is 9.78 Å². The van der Waals surface area contributed by atoms with Crippen molar-refractivity contribution in [3.8, 4) is 22.6 Å². The highest BCUT2D eigenvalue weighted by atomic mass is 35.5. The third kappa shape index (κ3) is 4.59. The van der Waals surface area contributed by atoms with E-state index in [0.717, 1.165) is 0 Å². The molecule has 4 aromatic rings. The van der Waals surface area contributed by atoms with Crippen molar-refractivity contribution in [3.63, 3.8) is 0 Å². The molecular formula is C23H15Cl3N2O3. The Kier molecular flexibility index (Phi) is 6.28. The molecule has 0 saturated heterocycles. The molecule has 8 heteroatoms. The van der Waals surface area contributed by atoms with Crippen LogP contribution in [0.1, 0.15) is 24.2 Å². The summed E-state index contributed by atoms with van der Waals surface area (Å²) in [6, 6.07) is 15.7. The van der Waals surface area contributed by atoms with Crippen LogP contribution in [0.25, 0.3) is 22.6 Å². The van der Waals surface area contributed by atoms with Gasteiger partial charge in [0.05, 0.1) is 10.6 Å². The van der Waals surface area contributed by atoms with E-state index in [1.54, 1.807) is 54.9 Å². The fraction of sp³-hybridized carbons (Fsp3) is 0.0870. The summed E-state index contributed by atoms with van der Waals surface area (Å²) >= 11 is 18.7. The van der Waals surface area contributed by atoms with Crippen LogP contribution in [-0.2, 0) is 9.53 Å². The standard InChI is InChI=1S/C23H15Cl3N2O3/c1-13(29)30-22(15-5-3-9-27-12-15)20-21(18-8-7-17(25)11-19(18)26)28-31-23(20)14-4-2-6-16(24)10-14/h2-12,22H,1H3. The van der Waals surface area contributed by atoms with Crippen LogP contribution in [0.3, 0.4) is 0 Å². The maximum absolute atomic E-state index is 12.0. The second-order valence-electron chi connectivity index (χ2n) is 6.68. The van der Waals surface area contributed by atoms with Crippen LogP contribution in [-0.4, -0.2) is 16.1 Å². The van der Waals surface area contributed by atoms with Crippen molar-refractivity contribution in [3.05, 3.63) is 93.2 Å². The number of pyridine rings is 1. The summed E-state index contributed by atoms with van der Waals surface area (Å²) in [6.07, 6.45) is 2.42. The van der Waals surface area contributed by atoms with Gasteiger partial charge in [-0.25, -0.2) is 0 Å². The molecule has 0 fully saturated rings. The van der Waals surface area contributed by atoms with E-state index in [1.807, 2.05) is 12.1 Å². The molecule has 5 nitrogen and oxygen atoms in total. The van der Waals surface area contributed by atoms with Gasteiger partial charge in [0, 0.05) is 46.1 Å². The lowest BCUT2D eigenvalue weighted by Gasteiger charge is -2.18. The summed E-state index contributed by atoms with van der Waals surface area (Å²) in [5, 5.41) is 5.67. The molecule has 0 spiro atoms. The molecule has 2 aromatic heterocycles. The number of benzene rings is 2. The second-order valence-corrected chi connectivity index (χ2v) is 7.96. The van der Waals surface area contributed by atoms with Gasteiger partial charge in [-0.05, 0) is 36.4 Å². The van der Waals surface area contributed by atoms with E-state index in [0.29, 0.717) is 48.8 Å². The summed E-state index contributed by atoms with van der Waals surface area (Å²) in [5.74, 6) is -0.0705. The van der Waals surface area contributed by atoms with Crippen molar-refractivity contribution >= 4 is 40.8 Å². The normalized spacial score (nSPS) is 11.9. The highest BCUT2D eigenvalue weighted by Gasteiger charge is 2.31. The molecule has 0 aliphatic carbocycles. The molecule has 2 aromatic carbocycles. The van der Waals surface area contributed by atoms with Gasteiger partial charge in [0.2, 0.25) is 0 Å². The van der Waals surface area contributed by atoms with Crippen molar-refractivity contribution in [2.24, 2.45) is 0 Å². The lowest BCUT2D eigenvalue weighted by molar-refractivity contribution is -0.144. The Morgan fingerprint density at radius 1 is 1.03 bits per heavy atom. The molecule has 2 heterocycles. The third-order valence-corrected chi connectivity index (χ3v) is 5.32. The zero-order chi connectivity index (χ0) is 22.0. The maximum atomic E-state index is 12.0. The van der Waals surface area contributed by atoms with E-state index >= 15 is 0 Å². The minimum absolute atomic E-state index is 0.382. The van der Waals surface area contributed by atoms with E-state index in [2.05, 4.69) is 10.1 Å². The fourth-order valence-electron chi connectivity index (χ4n) is 3.24. The molecular weight excluding hydrogens is 459 g/mol. The Balaban J connectivity index is 2.00. The first-order valence-corrected chi connectivity index (χ1v) is 10.4. The van der Waals surface area contributed by atoms with Crippen LogP contribution in [0.5, 0.6) is 0 Å². The van der Waals surface area contributed by atoms with E-state index in [1.165, 1.54) is 6.92 Å². The van der Waals surface area contributed by atoms with Crippen molar-refractivity contribution in [2.75, 3.05) is 0 Å². The van der Waals surface area contributed by atoms with Crippen LogP contribution < -0.4 is 0 Å². The van der Waals surface area contributed by atoms with Crippen LogP contribution in [0.15, 0.2) is 71.5 Å². The SMILES string of the molecule is CC(=O)OC(c1cccnc1)c1c(-c2ccc(Cl)cc2Cl)noc1-c1cccc(Cl)c1. The zero-order valence-corrected chi connectivity index (χ0v) is 18.4. The van der Waals surface area contributed by atoms with Crippen LogP contribution in [0, 0.1) is 0 Å². The molecule has 1 unspecified atom stereocenters. The quantitative estimate of drug-likeness (QED) is 0.291. The summed E-state index contributed by atoms with van der Waals surface area (Å²) < 4.78 is 11.5. The van der Waals surface area contributed by atoms with Gasteiger partial charge in [-0.2, -0.15) is 0 Å². The Labute approximate surface area is 193 Å². The van der Waals surface area contributed by atoms with E-state index in [-0.39, 0.29) is 0 Å². The minimum Gasteiger partial charge on any atom is -0.452 e. The number of hydrogen-bond acceptors (Lipinski definition) is 5. The number of nitrogens with zero attached hydrogens (tertiary/aromatic N) is 2. The van der Waals surface area contributed by atoms with Gasteiger partial charge in [-0.1, -0.05) is 58.2 Å². The highest BCUT2D eigenvalue weighted by Crippen LogP contribution is 2.43. The second kappa shape index (κ2) is 9.10. The van der Waals surface area contributed by atoms with Gasteiger partial charge < -0.3 is 9.26 Å². The van der Waals surface area contributed by atoms with E-state index < -0.39 is 12.1 Å². The van der Waals surface area contributed by atoms with Crippen molar-refractivity contribution in [1.82, 2.24) is 10.1 Å². The number of esters is 1. The predicted octanol–water partition coefficient (Wildman–Crippen LogP) is 7.02. The molecule has 0 N–H and O–H groups in total. The first-order valence-electron chi connectivity index (χ1n) is 9.22. The number of aromatic nitrogens is 2. The van der Waals surface area contributed by atoms with E-state index in [9.17, 15) is 4.79 Å². The van der Waals surface area contributed by atoms with Gasteiger partial charge in [0.15, 0.2) is 11.9 Å². The average Bonchev–Trinajstić information content (AvgIpc) is 3.17. The minimum atomic E-state index is -0.840. The first-order chi connectivity index (χ1) is 14.9. The van der Waals surface area contributed by atoms with Gasteiger partial charge in [-0.15, -0.1) is 0 Å². The summed E-state index contributed by atoms with van der Waals surface area (Å²) in [6.45, 7) is 1.34.